The molecular weight excluding hydrogens is 587 g/mol. The van der Waals surface area contributed by atoms with Crippen LogP contribution in [0.3, 0.4) is 0 Å². The minimum Gasteiger partial charge on any atom is -0.278 e. The molecule has 0 N–H and O–H groups in total. The highest BCUT2D eigenvalue weighted by atomic mass is 28.3. The van der Waals surface area contributed by atoms with Crippen LogP contribution in [0.1, 0.15) is 0 Å². The third-order valence-electron chi connectivity index (χ3n) is 9.49. The van der Waals surface area contributed by atoms with Crippen LogP contribution in [0.25, 0.3) is 44.7 Å². The molecule has 2 aromatic heterocycles. The summed E-state index contributed by atoms with van der Waals surface area (Å²) in [4.78, 5) is 5.21. The van der Waals surface area contributed by atoms with Crippen molar-refractivity contribution in [2.75, 3.05) is 0 Å². The van der Waals surface area contributed by atoms with E-state index in [0.29, 0.717) is 0 Å². The molecule has 0 aliphatic heterocycles. The molecule has 47 heavy (non-hydrogen) atoms. The maximum absolute atomic E-state index is 5.21. The molecule has 0 amide bonds. The standard InChI is InChI=1S/C43H31N3Si/c1-4-18-32(19-5-1)47(33-20-6-2-7-21-33,34-22-8-3-9-23-34)42-31-17-11-25-36(42)35-24-10-13-27-38(35)45-40-29-15-16-30-41(40)46-39-28-14-12-26-37(39)44-43(45)46/h1-31H. The number of benzene rings is 7. The highest BCUT2D eigenvalue weighted by Gasteiger charge is 2.43. The largest absolute Gasteiger partial charge is 0.278 e. The Balaban J connectivity index is 1.40. The van der Waals surface area contributed by atoms with Crippen molar-refractivity contribution < 1.29 is 0 Å². The number of nitrogens with zero attached hydrogens (tertiary/aromatic N) is 3. The van der Waals surface area contributed by atoms with Crippen molar-refractivity contribution in [3.63, 3.8) is 0 Å². The highest BCUT2D eigenvalue weighted by Crippen LogP contribution is 2.34. The average Bonchev–Trinajstić information content (AvgIpc) is 3.68. The second kappa shape index (κ2) is 11.1. The predicted molar refractivity (Wildman–Crippen MR) is 199 cm³/mol. The van der Waals surface area contributed by atoms with Gasteiger partial charge in [0.25, 0.3) is 0 Å². The van der Waals surface area contributed by atoms with Gasteiger partial charge in [0.1, 0.15) is 0 Å². The van der Waals surface area contributed by atoms with Crippen molar-refractivity contribution >= 4 is 56.7 Å². The second-order valence-electron chi connectivity index (χ2n) is 12.0. The Labute approximate surface area is 274 Å². The van der Waals surface area contributed by atoms with Crippen molar-refractivity contribution in [3.8, 4) is 16.8 Å². The van der Waals surface area contributed by atoms with Crippen molar-refractivity contribution in [2.45, 2.75) is 0 Å². The number of rotatable bonds is 6. The molecule has 0 radical (unpaired) electrons. The SMILES string of the molecule is c1ccc([Si](c2ccccc2)(c2ccccc2)c2ccccc2-c2ccccc2-n2c3ccccc3n3c4ccccc4nc23)cc1. The molecule has 9 rings (SSSR count). The van der Waals surface area contributed by atoms with Gasteiger partial charge in [0.15, 0.2) is 8.07 Å². The lowest BCUT2D eigenvalue weighted by atomic mass is 10.0. The minimum atomic E-state index is -2.80. The van der Waals surface area contributed by atoms with E-state index in [9.17, 15) is 0 Å². The van der Waals surface area contributed by atoms with Crippen LogP contribution in [0.5, 0.6) is 0 Å². The van der Waals surface area contributed by atoms with Crippen LogP contribution in [-0.2, 0) is 0 Å². The Hall–Kier alpha value is -5.97. The van der Waals surface area contributed by atoms with E-state index in [1.54, 1.807) is 0 Å². The molecule has 0 saturated heterocycles. The molecule has 0 spiro atoms. The monoisotopic (exact) mass is 617 g/mol. The fourth-order valence-electron chi connectivity index (χ4n) is 7.56. The number of hydrogen-bond acceptors (Lipinski definition) is 1. The maximum atomic E-state index is 5.21. The van der Waals surface area contributed by atoms with Gasteiger partial charge in [0.05, 0.1) is 27.8 Å². The fraction of sp³-hybridized carbons (Fsp3) is 0. The number of fused-ring (bicyclic) bond motifs is 5. The van der Waals surface area contributed by atoms with Crippen LogP contribution in [0.4, 0.5) is 0 Å². The van der Waals surface area contributed by atoms with Gasteiger partial charge < -0.3 is 0 Å². The van der Waals surface area contributed by atoms with E-state index in [4.69, 9.17) is 4.98 Å². The first-order chi connectivity index (χ1) is 23.4. The quantitative estimate of drug-likeness (QED) is 0.140. The molecule has 2 heterocycles. The topological polar surface area (TPSA) is 22.2 Å². The predicted octanol–water partition coefficient (Wildman–Crippen LogP) is 7.48. The molecule has 0 unspecified atom stereocenters. The summed E-state index contributed by atoms with van der Waals surface area (Å²) in [6.07, 6.45) is 0. The van der Waals surface area contributed by atoms with Gasteiger partial charge in [-0.05, 0) is 56.6 Å². The third-order valence-corrected chi connectivity index (χ3v) is 14.3. The maximum Gasteiger partial charge on any atom is 0.220 e. The van der Waals surface area contributed by atoms with Crippen LogP contribution in [0.2, 0.25) is 0 Å². The summed E-state index contributed by atoms with van der Waals surface area (Å²) in [5, 5.41) is 5.43. The molecule has 4 heteroatoms. The highest BCUT2D eigenvalue weighted by molar-refractivity contribution is 7.20. The molecule has 0 atom stereocenters. The van der Waals surface area contributed by atoms with Crippen molar-refractivity contribution in [1.82, 2.24) is 14.0 Å². The number of imidazole rings is 2. The van der Waals surface area contributed by atoms with Crippen LogP contribution in [0.15, 0.2) is 188 Å². The summed E-state index contributed by atoms with van der Waals surface area (Å²) in [6, 6.07) is 68.4. The van der Waals surface area contributed by atoms with E-state index in [-0.39, 0.29) is 0 Å². The van der Waals surface area contributed by atoms with Crippen molar-refractivity contribution in [3.05, 3.63) is 188 Å². The van der Waals surface area contributed by atoms with Gasteiger partial charge in [-0.15, -0.1) is 0 Å². The Morgan fingerprint density at radius 2 is 0.851 bits per heavy atom. The molecule has 0 fully saturated rings. The Kier molecular flexibility index (Phi) is 6.47. The minimum absolute atomic E-state index is 0.912. The molecule has 0 aliphatic carbocycles. The second-order valence-corrected chi connectivity index (χ2v) is 15.7. The third kappa shape index (κ3) is 4.16. The molecule has 0 saturated carbocycles. The summed E-state index contributed by atoms with van der Waals surface area (Å²) in [6.45, 7) is 0. The zero-order chi connectivity index (χ0) is 31.2. The number of para-hydroxylation sites is 5. The van der Waals surface area contributed by atoms with Crippen LogP contribution < -0.4 is 20.7 Å². The zero-order valence-electron chi connectivity index (χ0n) is 25.7. The van der Waals surface area contributed by atoms with E-state index in [2.05, 4.69) is 197 Å². The van der Waals surface area contributed by atoms with Crippen molar-refractivity contribution in [1.29, 1.82) is 0 Å². The van der Waals surface area contributed by atoms with Crippen LogP contribution >= 0.6 is 0 Å². The number of aromatic nitrogens is 3. The molecule has 0 bridgehead atoms. The molecule has 7 aromatic carbocycles. The van der Waals surface area contributed by atoms with E-state index in [0.717, 1.165) is 33.5 Å². The van der Waals surface area contributed by atoms with Gasteiger partial charge in [0.2, 0.25) is 5.78 Å². The first-order valence-corrected chi connectivity index (χ1v) is 18.1. The first kappa shape index (κ1) is 27.3. The van der Waals surface area contributed by atoms with E-state index in [1.807, 2.05) is 0 Å². The average molecular weight is 618 g/mol. The van der Waals surface area contributed by atoms with Gasteiger partial charge >= 0.3 is 0 Å². The zero-order valence-corrected chi connectivity index (χ0v) is 26.7. The molecule has 3 nitrogen and oxygen atoms in total. The van der Waals surface area contributed by atoms with Gasteiger partial charge in [-0.25, -0.2) is 4.98 Å². The summed E-state index contributed by atoms with van der Waals surface area (Å²) >= 11 is 0. The van der Waals surface area contributed by atoms with Gasteiger partial charge in [-0.1, -0.05) is 158 Å². The van der Waals surface area contributed by atoms with Crippen molar-refractivity contribution in [2.24, 2.45) is 0 Å². The molecular formula is C43H31N3Si. The van der Waals surface area contributed by atoms with Gasteiger partial charge in [-0.3, -0.25) is 8.97 Å². The summed E-state index contributed by atoms with van der Waals surface area (Å²) < 4.78 is 4.64. The Morgan fingerprint density at radius 1 is 0.383 bits per heavy atom. The summed E-state index contributed by atoms with van der Waals surface area (Å²) in [5.41, 5.74) is 7.89. The van der Waals surface area contributed by atoms with E-state index < -0.39 is 8.07 Å². The normalized spacial score (nSPS) is 11.8. The molecule has 222 valence electrons. The van der Waals surface area contributed by atoms with E-state index in [1.165, 1.54) is 31.9 Å². The van der Waals surface area contributed by atoms with Gasteiger partial charge in [0, 0.05) is 5.56 Å². The smallest absolute Gasteiger partial charge is 0.220 e. The van der Waals surface area contributed by atoms with Gasteiger partial charge in [-0.2, -0.15) is 0 Å². The molecule has 9 aromatic rings. The lowest BCUT2D eigenvalue weighted by Crippen LogP contribution is -2.75. The first-order valence-electron chi connectivity index (χ1n) is 16.1. The number of hydrogen-bond donors (Lipinski definition) is 0. The summed E-state index contributed by atoms with van der Waals surface area (Å²) in [7, 11) is -2.80. The lowest BCUT2D eigenvalue weighted by molar-refractivity contribution is 1.11. The van der Waals surface area contributed by atoms with Crippen LogP contribution in [-0.4, -0.2) is 22.0 Å². The molecule has 0 aliphatic rings. The Morgan fingerprint density at radius 3 is 1.49 bits per heavy atom. The van der Waals surface area contributed by atoms with Crippen LogP contribution in [0, 0.1) is 0 Å². The Bertz CT molecular complexity index is 2420. The van der Waals surface area contributed by atoms with E-state index >= 15 is 0 Å². The fourth-order valence-corrected chi connectivity index (χ4v) is 12.5. The lowest BCUT2D eigenvalue weighted by Gasteiger charge is -2.36. The summed E-state index contributed by atoms with van der Waals surface area (Å²) in [5.74, 6) is 0.912.